The first-order chi connectivity index (χ1) is 14.0. The molecule has 1 N–H and O–H groups in total. The molecule has 0 radical (unpaired) electrons. The predicted octanol–water partition coefficient (Wildman–Crippen LogP) is 4.61. The molecule has 0 aromatic heterocycles. The topological polar surface area (TPSA) is 102 Å². The van der Waals surface area contributed by atoms with Gasteiger partial charge in [-0.25, -0.2) is 4.79 Å². The molecule has 0 saturated heterocycles. The highest BCUT2D eigenvalue weighted by atomic mass is 16.6. The van der Waals surface area contributed by atoms with Crippen LogP contribution >= 0.6 is 0 Å². The van der Waals surface area contributed by atoms with Gasteiger partial charge in [0.2, 0.25) is 5.91 Å². The summed E-state index contributed by atoms with van der Waals surface area (Å²) in [7, 11) is 1.64. The number of ether oxygens (including phenoxy) is 1. The van der Waals surface area contributed by atoms with Gasteiger partial charge in [-0.2, -0.15) is 0 Å². The highest BCUT2D eigenvalue weighted by Gasteiger charge is 2.19. The number of hydrogen-bond donors (Lipinski definition) is 1. The molecule has 2 rings (SSSR count). The summed E-state index contributed by atoms with van der Waals surface area (Å²) in [5.74, 6) is -0.376. The van der Waals surface area contributed by atoms with E-state index in [1.807, 2.05) is 6.07 Å². The molecule has 0 saturated carbocycles. The maximum Gasteiger partial charge on any atom is 0.410 e. The van der Waals surface area contributed by atoms with Crippen LogP contribution in [0.5, 0.6) is 0 Å². The number of rotatable bonds is 6. The van der Waals surface area contributed by atoms with Crippen LogP contribution in [-0.4, -0.2) is 34.5 Å². The molecule has 0 fully saturated rings. The summed E-state index contributed by atoms with van der Waals surface area (Å²) in [4.78, 5) is 36.1. The van der Waals surface area contributed by atoms with Gasteiger partial charge in [-0.1, -0.05) is 24.3 Å². The third kappa shape index (κ3) is 7.38. The molecule has 0 spiro atoms. The van der Waals surface area contributed by atoms with Crippen LogP contribution < -0.4 is 5.32 Å². The number of hydrogen-bond acceptors (Lipinski definition) is 5. The quantitative estimate of drug-likeness (QED) is 0.425. The Morgan fingerprint density at radius 1 is 1.17 bits per heavy atom. The van der Waals surface area contributed by atoms with Crippen molar-refractivity contribution in [2.45, 2.75) is 32.9 Å². The Hall–Kier alpha value is -3.68. The van der Waals surface area contributed by atoms with Crippen molar-refractivity contribution < 1.29 is 19.2 Å². The maximum absolute atomic E-state index is 12.2. The number of amides is 2. The minimum atomic E-state index is -0.577. The lowest BCUT2D eigenvalue weighted by Gasteiger charge is -2.24. The molecule has 158 valence electrons. The monoisotopic (exact) mass is 411 g/mol. The van der Waals surface area contributed by atoms with Crippen LogP contribution in [-0.2, 0) is 16.1 Å². The normalized spacial score (nSPS) is 11.2. The molecule has 2 aromatic rings. The van der Waals surface area contributed by atoms with Gasteiger partial charge in [-0.05, 0) is 50.1 Å². The maximum atomic E-state index is 12.2. The first-order valence-corrected chi connectivity index (χ1v) is 9.30. The fraction of sp³-hybridized carbons (Fsp3) is 0.273. The SMILES string of the molecule is CN(Cc1cccc(NC(=O)C=Cc2cccc([N+](=O)[O-])c2)c1)C(=O)OC(C)(C)C. The molecule has 8 heteroatoms. The molecule has 0 unspecified atom stereocenters. The van der Waals surface area contributed by atoms with Gasteiger partial charge in [0.15, 0.2) is 0 Å². The van der Waals surface area contributed by atoms with Crippen molar-refractivity contribution in [2.24, 2.45) is 0 Å². The lowest BCUT2D eigenvalue weighted by atomic mass is 10.1. The zero-order chi connectivity index (χ0) is 22.3. The van der Waals surface area contributed by atoms with Gasteiger partial charge in [-0.3, -0.25) is 14.9 Å². The molecule has 0 aliphatic heterocycles. The van der Waals surface area contributed by atoms with Gasteiger partial charge in [-0.15, -0.1) is 0 Å². The fourth-order valence-electron chi connectivity index (χ4n) is 2.52. The minimum absolute atomic E-state index is 0.0423. The number of nitro groups is 1. The average Bonchev–Trinajstić information content (AvgIpc) is 2.65. The lowest BCUT2D eigenvalue weighted by Crippen LogP contribution is -2.33. The van der Waals surface area contributed by atoms with Crippen LogP contribution in [0.2, 0.25) is 0 Å². The summed E-state index contributed by atoms with van der Waals surface area (Å²) < 4.78 is 5.33. The van der Waals surface area contributed by atoms with E-state index in [2.05, 4.69) is 5.32 Å². The number of carbonyl (C=O) groups is 2. The van der Waals surface area contributed by atoms with E-state index in [1.165, 1.54) is 29.2 Å². The van der Waals surface area contributed by atoms with Gasteiger partial charge in [0.1, 0.15) is 5.60 Å². The van der Waals surface area contributed by atoms with Crippen LogP contribution in [0, 0.1) is 10.1 Å². The second-order valence-corrected chi connectivity index (χ2v) is 7.71. The fourth-order valence-corrected chi connectivity index (χ4v) is 2.52. The van der Waals surface area contributed by atoms with E-state index in [-0.39, 0.29) is 11.6 Å². The van der Waals surface area contributed by atoms with E-state index >= 15 is 0 Å². The van der Waals surface area contributed by atoms with E-state index in [1.54, 1.807) is 58.2 Å². The summed E-state index contributed by atoms with van der Waals surface area (Å²) in [5.41, 5.74) is 1.32. The van der Waals surface area contributed by atoms with E-state index < -0.39 is 16.6 Å². The Bertz CT molecular complexity index is 963. The Labute approximate surface area is 175 Å². The van der Waals surface area contributed by atoms with E-state index in [4.69, 9.17) is 4.74 Å². The molecule has 0 aliphatic carbocycles. The van der Waals surface area contributed by atoms with Crippen LogP contribution in [0.3, 0.4) is 0 Å². The molecule has 0 atom stereocenters. The zero-order valence-electron chi connectivity index (χ0n) is 17.4. The van der Waals surface area contributed by atoms with Crippen molar-refractivity contribution in [2.75, 3.05) is 12.4 Å². The van der Waals surface area contributed by atoms with Gasteiger partial charge in [0.25, 0.3) is 5.69 Å². The van der Waals surface area contributed by atoms with Crippen molar-refractivity contribution in [3.05, 3.63) is 75.8 Å². The number of nitrogens with one attached hydrogen (secondary N) is 1. The van der Waals surface area contributed by atoms with Crippen molar-refractivity contribution in [1.82, 2.24) is 4.90 Å². The Morgan fingerprint density at radius 2 is 1.87 bits per heavy atom. The first kappa shape index (κ1) is 22.6. The molecular weight excluding hydrogens is 386 g/mol. The third-order valence-corrected chi connectivity index (χ3v) is 3.83. The van der Waals surface area contributed by atoms with Crippen LogP contribution in [0.1, 0.15) is 31.9 Å². The van der Waals surface area contributed by atoms with Crippen LogP contribution in [0.15, 0.2) is 54.6 Å². The van der Waals surface area contributed by atoms with Crippen LogP contribution in [0.25, 0.3) is 6.08 Å². The predicted molar refractivity (Wildman–Crippen MR) is 115 cm³/mol. The van der Waals surface area contributed by atoms with E-state index in [9.17, 15) is 19.7 Å². The number of benzene rings is 2. The zero-order valence-corrected chi connectivity index (χ0v) is 17.4. The molecule has 0 heterocycles. The Balaban J connectivity index is 1.99. The molecule has 0 bridgehead atoms. The number of nitro benzene ring substituents is 1. The van der Waals surface area contributed by atoms with Crippen molar-refractivity contribution in [3.8, 4) is 0 Å². The van der Waals surface area contributed by atoms with Gasteiger partial charge in [0.05, 0.1) is 4.92 Å². The summed E-state index contributed by atoms with van der Waals surface area (Å²) in [6, 6.07) is 13.1. The lowest BCUT2D eigenvalue weighted by molar-refractivity contribution is -0.384. The number of carbonyl (C=O) groups excluding carboxylic acids is 2. The van der Waals surface area contributed by atoms with Gasteiger partial charge >= 0.3 is 6.09 Å². The second kappa shape index (κ2) is 9.69. The Kier molecular flexibility index (Phi) is 7.30. The van der Waals surface area contributed by atoms with Crippen molar-refractivity contribution in [3.63, 3.8) is 0 Å². The van der Waals surface area contributed by atoms with E-state index in [0.29, 0.717) is 17.8 Å². The molecule has 2 amide bonds. The minimum Gasteiger partial charge on any atom is -0.444 e. The Morgan fingerprint density at radius 3 is 2.53 bits per heavy atom. The molecular formula is C22H25N3O5. The van der Waals surface area contributed by atoms with Crippen LogP contribution in [0.4, 0.5) is 16.2 Å². The molecule has 2 aromatic carbocycles. The standard InChI is InChI=1S/C22H25N3O5/c1-22(2,3)30-21(27)24(4)15-17-8-5-9-18(13-17)23-20(26)12-11-16-7-6-10-19(14-16)25(28)29/h5-14H,15H2,1-4H3,(H,23,26). The molecule has 8 nitrogen and oxygen atoms in total. The average molecular weight is 411 g/mol. The number of anilines is 1. The largest absolute Gasteiger partial charge is 0.444 e. The number of nitrogens with zero attached hydrogens (tertiary/aromatic N) is 2. The first-order valence-electron chi connectivity index (χ1n) is 9.30. The number of non-ortho nitro benzene ring substituents is 1. The van der Waals surface area contributed by atoms with Gasteiger partial charge < -0.3 is 15.0 Å². The summed E-state index contributed by atoms with van der Waals surface area (Å²) in [6.45, 7) is 5.73. The second-order valence-electron chi connectivity index (χ2n) is 7.71. The van der Waals surface area contributed by atoms with Crippen molar-refractivity contribution in [1.29, 1.82) is 0 Å². The smallest absolute Gasteiger partial charge is 0.410 e. The highest BCUT2D eigenvalue weighted by molar-refractivity contribution is 6.02. The highest BCUT2D eigenvalue weighted by Crippen LogP contribution is 2.16. The molecule has 30 heavy (non-hydrogen) atoms. The summed E-state index contributed by atoms with van der Waals surface area (Å²) in [6.07, 6.45) is 2.37. The van der Waals surface area contributed by atoms with Crippen molar-refractivity contribution >= 4 is 29.5 Å². The summed E-state index contributed by atoms with van der Waals surface area (Å²) in [5, 5.41) is 13.6. The third-order valence-electron chi connectivity index (χ3n) is 3.83. The summed E-state index contributed by atoms with van der Waals surface area (Å²) >= 11 is 0. The van der Waals surface area contributed by atoms with E-state index in [0.717, 1.165) is 5.56 Å². The molecule has 0 aliphatic rings. The van der Waals surface area contributed by atoms with Gasteiger partial charge in [0, 0.05) is 37.5 Å².